The highest BCUT2D eigenvalue weighted by Gasteiger charge is 2.14. The Morgan fingerprint density at radius 1 is 1.53 bits per heavy atom. The molecule has 1 aromatic rings. The van der Waals surface area contributed by atoms with Gasteiger partial charge in [-0.3, -0.25) is 14.9 Å². The van der Waals surface area contributed by atoms with E-state index in [1.807, 2.05) is 0 Å². The molecule has 0 saturated carbocycles. The van der Waals surface area contributed by atoms with Crippen molar-refractivity contribution in [1.29, 1.82) is 0 Å². The maximum Gasteiger partial charge on any atom is 0.270 e. The lowest BCUT2D eigenvalue weighted by Crippen LogP contribution is -2.25. The fourth-order valence-electron chi connectivity index (χ4n) is 1.18. The summed E-state index contributed by atoms with van der Waals surface area (Å²) in [6, 6.07) is 3.98. The van der Waals surface area contributed by atoms with Gasteiger partial charge in [-0.15, -0.1) is 0 Å². The molecule has 0 aromatic heterocycles. The molecular formula is C10H11BrN2O4. The van der Waals surface area contributed by atoms with Crippen LogP contribution in [0.3, 0.4) is 0 Å². The summed E-state index contributed by atoms with van der Waals surface area (Å²) < 4.78 is 0.490. The second-order valence-electron chi connectivity index (χ2n) is 3.25. The van der Waals surface area contributed by atoms with Crippen LogP contribution in [0, 0.1) is 10.1 Å². The van der Waals surface area contributed by atoms with Gasteiger partial charge in [-0.25, -0.2) is 0 Å². The first-order valence-electron chi connectivity index (χ1n) is 4.89. The number of hydrogen-bond acceptors (Lipinski definition) is 4. The van der Waals surface area contributed by atoms with E-state index < -0.39 is 10.8 Å². The van der Waals surface area contributed by atoms with Crippen molar-refractivity contribution < 1.29 is 14.8 Å². The number of nitro groups is 1. The molecule has 6 nitrogen and oxygen atoms in total. The molecule has 1 rings (SSSR count). The van der Waals surface area contributed by atoms with Gasteiger partial charge in [0.05, 0.1) is 10.5 Å². The predicted molar refractivity (Wildman–Crippen MR) is 64.8 cm³/mol. The lowest BCUT2D eigenvalue weighted by Gasteiger charge is -2.05. The molecule has 0 aliphatic carbocycles. The van der Waals surface area contributed by atoms with Gasteiger partial charge in [-0.1, -0.05) is 0 Å². The maximum atomic E-state index is 11.7. The van der Waals surface area contributed by atoms with Gasteiger partial charge in [-0.05, 0) is 28.4 Å². The van der Waals surface area contributed by atoms with Crippen LogP contribution in [0.15, 0.2) is 22.7 Å². The van der Waals surface area contributed by atoms with Gasteiger partial charge < -0.3 is 10.4 Å². The third-order valence-electron chi connectivity index (χ3n) is 2.03. The Morgan fingerprint density at radius 3 is 2.82 bits per heavy atom. The van der Waals surface area contributed by atoms with Crippen molar-refractivity contribution in [1.82, 2.24) is 5.32 Å². The van der Waals surface area contributed by atoms with Gasteiger partial charge in [0.25, 0.3) is 11.6 Å². The van der Waals surface area contributed by atoms with Crippen molar-refractivity contribution >= 4 is 27.5 Å². The SMILES string of the molecule is O=C(NCCCO)c1cc([N+](=O)[O-])ccc1Br. The van der Waals surface area contributed by atoms with Crippen LogP contribution in [0.25, 0.3) is 0 Å². The first-order chi connectivity index (χ1) is 8.06. The fraction of sp³-hybridized carbons (Fsp3) is 0.300. The van der Waals surface area contributed by atoms with Crippen molar-refractivity contribution in [2.75, 3.05) is 13.2 Å². The molecule has 92 valence electrons. The largest absolute Gasteiger partial charge is 0.396 e. The van der Waals surface area contributed by atoms with Crippen molar-refractivity contribution in [3.05, 3.63) is 38.3 Å². The number of aliphatic hydroxyl groups is 1. The minimum atomic E-state index is -0.559. The van der Waals surface area contributed by atoms with E-state index in [4.69, 9.17) is 5.11 Å². The number of hydrogen-bond donors (Lipinski definition) is 2. The number of carbonyl (C=O) groups is 1. The third-order valence-corrected chi connectivity index (χ3v) is 2.72. The van der Waals surface area contributed by atoms with Crippen LogP contribution in [-0.2, 0) is 0 Å². The number of rotatable bonds is 5. The molecule has 0 saturated heterocycles. The summed E-state index contributed by atoms with van der Waals surface area (Å²) in [5, 5.41) is 21.7. The van der Waals surface area contributed by atoms with E-state index in [0.29, 0.717) is 17.4 Å². The van der Waals surface area contributed by atoms with E-state index in [1.165, 1.54) is 18.2 Å². The predicted octanol–water partition coefficient (Wildman–Crippen LogP) is 1.47. The van der Waals surface area contributed by atoms with Crippen LogP contribution < -0.4 is 5.32 Å². The molecule has 17 heavy (non-hydrogen) atoms. The Hall–Kier alpha value is -1.47. The first kappa shape index (κ1) is 13.6. The van der Waals surface area contributed by atoms with Gasteiger partial charge in [0, 0.05) is 29.8 Å². The van der Waals surface area contributed by atoms with E-state index >= 15 is 0 Å². The summed E-state index contributed by atoms with van der Waals surface area (Å²) in [6.45, 7) is 0.306. The van der Waals surface area contributed by atoms with Gasteiger partial charge >= 0.3 is 0 Å². The van der Waals surface area contributed by atoms with Crippen LogP contribution in [-0.4, -0.2) is 29.1 Å². The Morgan fingerprint density at radius 2 is 2.24 bits per heavy atom. The number of non-ortho nitro benzene ring substituents is 1. The normalized spacial score (nSPS) is 10.0. The van der Waals surface area contributed by atoms with Gasteiger partial charge in [-0.2, -0.15) is 0 Å². The average molecular weight is 303 g/mol. The average Bonchev–Trinajstić information content (AvgIpc) is 2.29. The van der Waals surface area contributed by atoms with E-state index in [1.54, 1.807) is 0 Å². The maximum absolute atomic E-state index is 11.7. The van der Waals surface area contributed by atoms with Crippen LogP contribution in [0.2, 0.25) is 0 Å². The molecule has 0 spiro atoms. The number of nitrogens with one attached hydrogen (secondary N) is 1. The molecule has 0 aliphatic rings. The summed E-state index contributed by atoms with van der Waals surface area (Å²) >= 11 is 3.16. The quantitative estimate of drug-likeness (QED) is 0.489. The summed E-state index contributed by atoms with van der Waals surface area (Å²) in [6.07, 6.45) is 0.443. The summed E-state index contributed by atoms with van der Waals surface area (Å²) in [7, 11) is 0. The molecule has 0 bridgehead atoms. The number of benzene rings is 1. The molecule has 0 aliphatic heterocycles. The molecule has 0 fully saturated rings. The lowest BCUT2D eigenvalue weighted by molar-refractivity contribution is -0.384. The molecule has 2 N–H and O–H groups in total. The fourth-order valence-corrected chi connectivity index (χ4v) is 1.60. The standard InChI is InChI=1S/C10H11BrN2O4/c11-9-3-2-7(13(16)17)6-8(9)10(15)12-4-1-5-14/h2-3,6,14H,1,4-5H2,(H,12,15). The first-order valence-corrected chi connectivity index (χ1v) is 5.68. The van der Waals surface area contributed by atoms with Crippen molar-refractivity contribution in [3.8, 4) is 0 Å². The highest BCUT2D eigenvalue weighted by atomic mass is 79.9. The van der Waals surface area contributed by atoms with Gasteiger partial charge in [0.2, 0.25) is 0 Å². The van der Waals surface area contributed by atoms with Crippen LogP contribution in [0.5, 0.6) is 0 Å². The summed E-state index contributed by atoms with van der Waals surface area (Å²) in [5.41, 5.74) is 0.0673. The Balaban J connectivity index is 2.84. The second-order valence-corrected chi connectivity index (χ2v) is 4.11. The highest BCUT2D eigenvalue weighted by Crippen LogP contribution is 2.22. The number of amides is 1. The lowest BCUT2D eigenvalue weighted by atomic mass is 10.2. The Bertz CT molecular complexity index is 436. The van der Waals surface area contributed by atoms with E-state index in [2.05, 4.69) is 21.2 Å². The summed E-state index contributed by atoms with van der Waals surface area (Å²) in [5.74, 6) is -0.408. The smallest absolute Gasteiger partial charge is 0.270 e. The zero-order valence-corrected chi connectivity index (χ0v) is 10.4. The van der Waals surface area contributed by atoms with E-state index in [0.717, 1.165) is 0 Å². The van der Waals surface area contributed by atoms with Crippen LogP contribution >= 0.6 is 15.9 Å². The molecule has 7 heteroatoms. The highest BCUT2D eigenvalue weighted by molar-refractivity contribution is 9.10. The van der Waals surface area contributed by atoms with Crippen molar-refractivity contribution in [3.63, 3.8) is 0 Å². The molecule has 0 heterocycles. The van der Waals surface area contributed by atoms with Crippen LogP contribution in [0.1, 0.15) is 16.8 Å². The minimum Gasteiger partial charge on any atom is -0.396 e. The summed E-state index contributed by atoms with van der Waals surface area (Å²) in [4.78, 5) is 21.7. The molecule has 0 unspecified atom stereocenters. The minimum absolute atomic E-state index is 0.0175. The number of aliphatic hydroxyl groups excluding tert-OH is 1. The molecule has 1 aromatic carbocycles. The van der Waals surface area contributed by atoms with Crippen molar-refractivity contribution in [2.45, 2.75) is 6.42 Å². The topological polar surface area (TPSA) is 92.5 Å². The van der Waals surface area contributed by atoms with E-state index in [-0.39, 0.29) is 17.9 Å². The number of nitrogens with zero attached hydrogens (tertiary/aromatic N) is 1. The molecule has 0 atom stereocenters. The number of halogens is 1. The molecular weight excluding hydrogens is 292 g/mol. The van der Waals surface area contributed by atoms with Crippen LogP contribution in [0.4, 0.5) is 5.69 Å². The zero-order valence-electron chi connectivity index (χ0n) is 8.85. The number of carbonyl (C=O) groups excluding carboxylic acids is 1. The Labute approximate surface area is 106 Å². The monoisotopic (exact) mass is 302 g/mol. The molecule has 1 amide bonds. The second kappa shape index (κ2) is 6.31. The van der Waals surface area contributed by atoms with E-state index in [9.17, 15) is 14.9 Å². The number of nitro benzene ring substituents is 1. The third kappa shape index (κ3) is 3.79. The van der Waals surface area contributed by atoms with Crippen molar-refractivity contribution in [2.24, 2.45) is 0 Å². The molecule has 0 radical (unpaired) electrons. The van der Waals surface area contributed by atoms with Gasteiger partial charge in [0.15, 0.2) is 0 Å². The van der Waals surface area contributed by atoms with Gasteiger partial charge in [0.1, 0.15) is 0 Å². The Kier molecular flexibility index (Phi) is 5.05. The zero-order chi connectivity index (χ0) is 12.8.